The molecule has 152 valence electrons. The van der Waals surface area contributed by atoms with Gasteiger partial charge in [-0.2, -0.15) is 0 Å². The number of carbonyl (C=O) groups excluding carboxylic acids is 1. The molecule has 1 aromatic carbocycles. The van der Waals surface area contributed by atoms with Crippen molar-refractivity contribution in [3.05, 3.63) is 30.1 Å². The highest BCUT2D eigenvalue weighted by Crippen LogP contribution is 2.24. The van der Waals surface area contributed by atoms with Gasteiger partial charge in [0.1, 0.15) is 18.1 Å². The summed E-state index contributed by atoms with van der Waals surface area (Å²) < 4.78 is 12.8. The number of nitrogens with one attached hydrogen (secondary N) is 1. The van der Waals surface area contributed by atoms with Gasteiger partial charge in [-0.3, -0.25) is 4.79 Å². The topological polar surface area (TPSA) is 78.3 Å². The fraction of sp³-hybridized carbons (Fsp3) is 0.550. The Morgan fingerprint density at radius 2 is 1.93 bits per heavy atom. The summed E-state index contributed by atoms with van der Waals surface area (Å²) in [7, 11) is 3.51. The van der Waals surface area contributed by atoms with Crippen LogP contribution in [-0.2, 0) is 18.4 Å². The number of hydrogen-bond acceptors (Lipinski definition) is 6. The Balaban J connectivity index is 1.47. The van der Waals surface area contributed by atoms with Crippen molar-refractivity contribution < 1.29 is 14.3 Å². The molecular formula is C20H28N4O3S. The lowest BCUT2D eigenvalue weighted by molar-refractivity contribution is -0.119. The number of hydrogen-bond donors (Lipinski definition) is 1. The van der Waals surface area contributed by atoms with Gasteiger partial charge in [-0.25, -0.2) is 0 Å². The zero-order valence-electron chi connectivity index (χ0n) is 16.7. The van der Waals surface area contributed by atoms with Gasteiger partial charge in [0.15, 0.2) is 11.0 Å². The van der Waals surface area contributed by atoms with Crippen LogP contribution in [0, 0.1) is 5.92 Å². The van der Waals surface area contributed by atoms with Crippen molar-refractivity contribution in [2.75, 3.05) is 12.9 Å². The average molecular weight is 405 g/mol. The second kappa shape index (κ2) is 9.82. The van der Waals surface area contributed by atoms with Crippen molar-refractivity contribution in [3.8, 4) is 11.5 Å². The van der Waals surface area contributed by atoms with Crippen LogP contribution in [0.3, 0.4) is 0 Å². The molecule has 1 saturated carbocycles. The number of nitrogens with zero attached hydrogens (tertiary/aromatic N) is 3. The highest BCUT2D eigenvalue weighted by Gasteiger charge is 2.23. The van der Waals surface area contributed by atoms with E-state index in [0.29, 0.717) is 35.3 Å². The van der Waals surface area contributed by atoms with Gasteiger partial charge in [-0.05, 0) is 43.0 Å². The standard InChI is InChI=1S/C20H28N4O3S/c1-14-6-4-5-7-17(14)21-19(25)13-28-20-23-22-18(24(20)2)12-27-16-10-8-15(26-3)9-11-16/h8-11,14,17H,4-7,12-13H2,1-3H3,(H,21,25). The SMILES string of the molecule is COc1ccc(OCc2nnc(SCC(=O)NC3CCCCC3C)n2C)cc1. The Morgan fingerprint density at radius 3 is 2.64 bits per heavy atom. The lowest BCUT2D eigenvalue weighted by Gasteiger charge is -2.29. The normalized spacial score (nSPS) is 19.2. The number of ether oxygens (including phenoxy) is 2. The van der Waals surface area contributed by atoms with E-state index in [0.717, 1.165) is 17.9 Å². The lowest BCUT2D eigenvalue weighted by Crippen LogP contribution is -2.41. The minimum Gasteiger partial charge on any atom is -0.497 e. The van der Waals surface area contributed by atoms with Crippen LogP contribution in [0.25, 0.3) is 0 Å². The van der Waals surface area contributed by atoms with E-state index in [4.69, 9.17) is 9.47 Å². The van der Waals surface area contributed by atoms with Crippen LogP contribution in [0.1, 0.15) is 38.4 Å². The first-order valence-electron chi connectivity index (χ1n) is 9.64. The maximum atomic E-state index is 12.3. The maximum Gasteiger partial charge on any atom is 0.230 e. The van der Waals surface area contributed by atoms with Crippen LogP contribution < -0.4 is 14.8 Å². The van der Waals surface area contributed by atoms with Gasteiger partial charge in [0.2, 0.25) is 5.91 Å². The Bertz CT molecular complexity index is 778. The zero-order chi connectivity index (χ0) is 19.9. The highest BCUT2D eigenvalue weighted by molar-refractivity contribution is 7.99. The average Bonchev–Trinajstić information content (AvgIpc) is 3.06. The molecule has 1 N–H and O–H groups in total. The Morgan fingerprint density at radius 1 is 1.21 bits per heavy atom. The van der Waals surface area contributed by atoms with E-state index >= 15 is 0 Å². The minimum absolute atomic E-state index is 0.0581. The molecule has 0 radical (unpaired) electrons. The summed E-state index contributed by atoms with van der Waals surface area (Å²) >= 11 is 1.40. The fourth-order valence-corrected chi connectivity index (χ4v) is 4.07. The molecule has 0 aliphatic heterocycles. The molecule has 3 rings (SSSR count). The van der Waals surface area contributed by atoms with Crippen molar-refractivity contribution in [1.29, 1.82) is 0 Å². The number of aromatic nitrogens is 3. The second-order valence-corrected chi connectivity index (χ2v) is 8.09. The Labute approximate surface area is 170 Å². The first kappa shape index (κ1) is 20.5. The van der Waals surface area contributed by atoms with E-state index in [-0.39, 0.29) is 5.91 Å². The summed E-state index contributed by atoms with van der Waals surface area (Å²) in [6, 6.07) is 7.69. The number of methoxy groups -OCH3 is 1. The first-order chi connectivity index (χ1) is 13.6. The molecule has 2 atom stereocenters. The van der Waals surface area contributed by atoms with E-state index in [2.05, 4.69) is 22.4 Å². The van der Waals surface area contributed by atoms with E-state index < -0.39 is 0 Å². The van der Waals surface area contributed by atoms with Crippen molar-refractivity contribution in [1.82, 2.24) is 20.1 Å². The first-order valence-corrected chi connectivity index (χ1v) is 10.6. The molecule has 2 unspecified atom stereocenters. The van der Waals surface area contributed by atoms with Gasteiger partial charge in [0.05, 0.1) is 12.9 Å². The molecule has 28 heavy (non-hydrogen) atoms. The van der Waals surface area contributed by atoms with Gasteiger partial charge in [-0.15, -0.1) is 10.2 Å². The summed E-state index contributed by atoms with van der Waals surface area (Å²) in [5.74, 6) is 3.18. The summed E-state index contributed by atoms with van der Waals surface area (Å²) in [4.78, 5) is 12.3. The summed E-state index contributed by atoms with van der Waals surface area (Å²) in [5, 5.41) is 12.2. The van der Waals surface area contributed by atoms with Crippen LogP contribution >= 0.6 is 11.8 Å². The molecule has 1 aliphatic rings. The van der Waals surface area contributed by atoms with Crippen molar-refractivity contribution >= 4 is 17.7 Å². The molecular weight excluding hydrogens is 376 g/mol. The van der Waals surface area contributed by atoms with Crippen LogP contribution in [-0.4, -0.2) is 39.6 Å². The Kier molecular flexibility index (Phi) is 7.19. The number of amides is 1. The number of rotatable bonds is 8. The monoisotopic (exact) mass is 404 g/mol. The van der Waals surface area contributed by atoms with E-state index in [1.165, 1.54) is 31.0 Å². The van der Waals surface area contributed by atoms with E-state index in [1.54, 1.807) is 7.11 Å². The molecule has 8 heteroatoms. The molecule has 1 amide bonds. The largest absolute Gasteiger partial charge is 0.497 e. The number of thioether (sulfide) groups is 1. The molecule has 1 aromatic heterocycles. The van der Waals surface area contributed by atoms with Gasteiger partial charge in [0.25, 0.3) is 0 Å². The van der Waals surface area contributed by atoms with Gasteiger partial charge in [-0.1, -0.05) is 31.5 Å². The third-order valence-corrected chi connectivity index (χ3v) is 6.16. The van der Waals surface area contributed by atoms with Crippen molar-refractivity contribution in [2.24, 2.45) is 13.0 Å². The molecule has 0 bridgehead atoms. The van der Waals surface area contributed by atoms with Crippen LogP contribution in [0.15, 0.2) is 29.4 Å². The smallest absolute Gasteiger partial charge is 0.230 e. The number of benzene rings is 1. The van der Waals surface area contributed by atoms with Crippen LogP contribution in [0.4, 0.5) is 0 Å². The highest BCUT2D eigenvalue weighted by atomic mass is 32.2. The van der Waals surface area contributed by atoms with Gasteiger partial charge in [0, 0.05) is 13.1 Å². The van der Waals surface area contributed by atoms with E-state index in [1.807, 2.05) is 35.9 Å². The fourth-order valence-electron chi connectivity index (χ4n) is 3.33. The predicted octanol–water partition coefficient (Wildman–Crippen LogP) is 3.19. The summed E-state index contributed by atoms with van der Waals surface area (Å²) in [6.45, 7) is 2.52. The van der Waals surface area contributed by atoms with Crippen LogP contribution in [0.2, 0.25) is 0 Å². The molecule has 1 heterocycles. The summed E-state index contributed by atoms with van der Waals surface area (Å²) in [6.07, 6.45) is 4.74. The Hall–Kier alpha value is -2.22. The van der Waals surface area contributed by atoms with Crippen LogP contribution in [0.5, 0.6) is 11.5 Å². The number of carbonyl (C=O) groups is 1. The van der Waals surface area contributed by atoms with Crippen molar-refractivity contribution in [3.63, 3.8) is 0 Å². The minimum atomic E-state index is 0.0581. The lowest BCUT2D eigenvalue weighted by atomic mass is 9.86. The molecule has 0 spiro atoms. The van der Waals surface area contributed by atoms with E-state index in [9.17, 15) is 4.79 Å². The van der Waals surface area contributed by atoms with Crippen molar-refractivity contribution in [2.45, 2.75) is 50.4 Å². The maximum absolute atomic E-state index is 12.3. The quantitative estimate of drug-likeness (QED) is 0.681. The van der Waals surface area contributed by atoms with Gasteiger partial charge >= 0.3 is 0 Å². The third-order valence-electron chi connectivity index (χ3n) is 5.14. The summed E-state index contributed by atoms with van der Waals surface area (Å²) in [5.41, 5.74) is 0. The second-order valence-electron chi connectivity index (χ2n) is 7.15. The molecule has 1 aliphatic carbocycles. The molecule has 2 aromatic rings. The molecule has 7 nitrogen and oxygen atoms in total. The molecule has 0 saturated heterocycles. The third kappa shape index (κ3) is 5.41. The molecule has 1 fully saturated rings. The zero-order valence-corrected chi connectivity index (χ0v) is 17.5. The predicted molar refractivity (Wildman–Crippen MR) is 109 cm³/mol. The van der Waals surface area contributed by atoms with Gasteiger partial charge < -0.3 is 19.4 Å².